The van der Waals surface area contributed by atoms with Crippen LogP contribution in [-0.4, -0.2) is 19.7 Å². The molecule has 1 aromatic carbocycles. The molecule has 0 heterocycles. The van der Waals surface area contributed by atoms with Gasteiger partial charge in [-0.05, 0) is 18.5 Å². The minimum absolute atomic E-state index is 0.155. The van der Waals surface area contributed by atoms with Gasteiger partial charge < -0.3 is 10.1 Å². The maximum atomic E-state index is 5.77. The summed E-state index contributed by atoms with van der Waals surface area (Å²) < 4.78 is 5.77. The summed E-state index contributed by atoms with van der Waals surface area (Å²) in [5.74, 6) is 0. The number of ether oxygens (including phenoxy) is 1. The Balaban J connectivity index is 2.53. The highest BCUT2D eigenvalue weighted by atomic mass is 16.5. The summed E-state index contributed by atoms with van der Waals surface area (Å²) in [6, 6.07) is 11.0. The van der Waals surface area contributed by atoms with Crippen LogP contribution in [0.15, 0.2) is 30.3 Å². The molecule has 0 saturated carbocycles. The van der Waals surface area contributed by atoms with Crippen molar-refractivity contribution >= 4 is 0 Å². The van der Waals surface area contributed by atoms with Crippen LogP contribution in [0.2, 0.25) is 0 Å². The molecule has 2 nitrogen and oxygen atoms in total. The van der Waals surface area contributed by atoms with Gasteiger partial charge in [-0.1, -0.05) is 76.3 Å². The fourth-order valence-corrected chi connectivity index (χ4v) is 2.77. The zero-order chi connectivity index (χ0) is 14.6. The summed E-state index contributed by atoms with van der Waals surface area (Å²) in [4.78, 5) is 0. The fraction of sp³-hybridized carbons (Fsp3) is 0.667. The Bertz CT molecular complexity index is 325. The summed E-state index contributed by atoms with van der Waals surface area (Å²) in [7, 11) is 1.82. The topological polar surface area (TPSA) is 21.3 Å². The average Bonchev–Trinajstić information content (AvgIpc) is 2.49. The Kier molecular flexibility index (Phi) is 9.35. The lowest BCUT2D eigenvalue weighted by molar-refractivity contribution is 0.0645. The van der Waals surface area contributed by atoms with Crippen molar-refractivity contribution in [3.63, 3.8) is 0 Å². The summed E-state index contributed by atoms with van der Waals surface area (Å²) in [6.07, 6.45) is 7.98. The van der Waals surface area contributed by atoms with Gasteiger partial charge in [-0.3, -0.25) is 0 Å². The molecule has 1 aromatic rings. The van der Waals surface area contributed by atoms with E-state index in [9.17, 15) is 0 Å². The highest BCUT2D eigenvalue weighted by molar-refractivity contribution is 5.19. The van der Waals surface area contributed by atoms with Gasteiger partial charge in [0.15, 0.2) is 0 Å². The molecule has 0 amide bonds. The SMILES string of the molecule is CCCCCCCC(NCC)C(OC)c1ccccc1. The lowest BCUT2D eigenvalue weighted by Crippen LogP contribution is -2.35. The molecule has 0 aliphatic heterocycles. The van der Waals surface area contributed by atoms with Crippen molar-refractivity contribution < 1.29 is 4.74 Å². The minimum atomic E-state index is 0.155. The first kappa shape index (κ1) is 17.2. The molecule has 0 aliphatic rings. The monoisotopic (exact) mass is 277 g/mol. The van der Waals surface area contributed by atoms with Crippen molar-refractivity contribution in [2.45, 2.75) is 64.5 Å². The third-order valence-corrected chi connectivity index (χ3v) is 3.83. The fourth-order valence-electron chi connectivity index (χ4n) is 2.77. The van der Waals surface area contributed by atoms with Gasteiger partial charge in [-0.15, -0.1) is 0 Å². The molecule has 2 atom stereocenters. The van der Waals surface area contributed by atoms with Crippen molar-refractivity contribution in [1.82, 2.24) is 5.32 Å². The second-order valence-electron chi connectivity index (χ2n) is 5.43. The van der Waals surface area contributed by atoms with Crippen molar-refractivity contribution in [3.8, 4) is 0 Å². The lowest BCUT2D eigenvalue weighted by atomic mass is 9.96. The summed E-state index contributed by atoms with van der Waals surface area (Å²) in [6.45, 7) is 5.42. The van der Waals surface area contributed by atoms with Crippen molar-refractivity contribution in [1.29, 1.82) is 0 Å². The highest BCUT2D eigenvalue weighted by Crippen LogP contribution is 2.24. The molecular formula is C18H31NO. The number of unbranched alkanes of at least 4 members (excludes halogenated alkanes) is 4. The Morgan fingerprint density at radius 2 is 1.70 bits per heavy atom. The van der Waals surface area contributed by atoms with E-state index < -0.39 is 0 Å². The van der Waals surface area contributed by atoms with Crippen LogP contribution in [0, 0.1) is 0 Å². The van der Waals surface area contributed by atoms with Crippen LogP contribution in [0.1, 0.15) is 64.0 Å². The Hall–Kier alpha value is -0.860. The number of nitrogens with one attached hydrogen (secondary N) is 1. The molecule has 0 radical (unpaired) electrons. The van der Waals surface area contributed by atoms with Crippen LogP contribution in [0.3, 0.4) is 0 Å². The Labute approximate surface area is 124 Å². The van der Waals surface area contributed by atoms with Crippen molar-refractivity contribution in [2.24, 2.45) is 0 Å². The summed E-state index contributed by atoms with van der Waals surface area (Å²) in [5.41, 5.74) is 1.27. The molecule has 0 aliphatic carbocycles. The van der Waals surface area contributed by atoms with Crippen LogP contribution in [0.25, 0.3) is 0 Å². The number of hydrogen-bond acceptors (Lipinski definition) is 2. The minimum Gasteiger partial charge on any atom is -0.375 e. The van der Waals surface area contributed by atoms with E-state index in [0.29, 0.717) is 6.04 Å². The molecule has 114 valence electrons. The van der Waals surface area contributed by atoms with Crippen LogP contribution < -0.4 is 5.32 Å². The first-order chi connectivity index (χ1) is 9.83. The molecule has 20 heavy (non-hydrogen) atoms. The Morgan fingerprint density at radius 1 is 1.00 bits per heavy atom. The first-order valence-electron chi connectivity index (χ1n) is 8.14. The molecule has 0 spiro atoms. The quantitative estimate of drug-likeness (QED) is 0.591. The number of rotatable bonds is 11. The van der Waals surface area contributed by atoms with Crippen LogP contribution in [-0.2, 0) is 4.74 Å². The summed E-state index contributed by atoms with van der Waals surface area (Å²) in [5, 5.41) is 3.60. The van der Waals surface area contributed by atoms with E-state index in [1.807, 2.05) is 7.11 Å². The largest absolute Gasteiger partial charge is 0.375 e. The second-order valence-corrected chi connectivity index (χ2v) is 5.43. The molecule has 0 aromatic heterocycles. The molecular weight excluding hydrogens is 246 g/mol. The normalized spacial score (nSPS) is 14.2. The van der Waals surface area contributed by atoms with Gasteiger partial charge in [-0.2, -0.15) is 0 Å². The summed E-state index contributed by atoms with van der Waals surface area (Å²) >= 11 is 0. The third-order valence-electron chi connectivity index (χ3n) is 3.83. The standard InChI is InChI=1S/C18H31NO/c1-4-6-7-8-12-15-17(19-5-2)18(20-3)16-13-10-9-11-14-16/h9-11,13-14,17-19H,4-8,12,15H2,1-3H3. The molecule has 2 heteroatoms. The number of benzene rings is 1. The molecule has 1 rings (SSSR count). The molecule has 0 bridgehead atoms. The van der Waals surface area contributed by atoms with Crippen molar-refractivity contribution in [3.05, 3.63) is 35.9 Å². The van der Waals surface area contributed by atoms with Gasteiger partial charge in [0.05, 0.1) is 6.10 Å². The van der Waals surface area contributed by atoms with Gasteiger partial charge in [0.1, 0.15) is 0 Å². The molecule has 0 fully saturated rings. The van der Waals surface area contributed by atoms with E-state index >= 15 is 0 Å². The molecule has 2 unspecified atom stereocenters. The van der Waals surface area contributed by atoms with Crippen LogP contribution in [0.4, 0.5) is 0 Å². The third kappa shape index (κ3) is 6.06. The zero-order valence-electron chi connectivity index (χ0n) is 13.4. The smallest absolute Gasteiger partial charge is 0.0973 e. The second kappa shape index (κ2) is 10.9. The van der Waals surface area contributed by atoms with Gasteiger partial charge >= 0.3 is 0 Å². The average molecular weight is 277 g/mol. The number of methoxy groups -OCH3 is 1. The van der Waals surface area contributed by atoms with E-state index in [4.69, 9.17) is 4.74 Å². The Morgan fingerprint density at radius 3 is 2.30 bits per heavy atom. The van der Waals surface area contributed by atoms with Gasteiger partial charge in [-0.25, -0.2) is 0 Å². The van der Waals surface area contributed by atoms with Gasteiger partial charge in [0.25, 0.3) is 0 Å². The first-order valence-corrected chi connectivity index (χ1v) is 8.14. The maximum Gasteiger partial charge on any atom is 0.0973 e. The lowest BCUT2D eigenvalue weighted by Gasteiger charge is -2.27. The van der Waals surface area contributed by atoms with Crippen LogP contribution in [0.5, 0.6) is 0 Å². The molecule has 0 saturated heterocycles. The highest BCUT2D eigenvalue weighted by Gasteiger charge is 2.21. The van der Waals surface area contributed by atoms with Crippen molar-refractivity contribution in [2.75, 3.05) is 13.7 Å². The van der Waals surface area contributed by atoms with Gasteiger partial charge in [0.2, 0.25) is 0 Å². The van der Waals surface area contributed by atoms with Gasteiger partial charge in [0, 0.05) is 13.2 Å². The van der Waals surface area contributed by atoms with Crippen LogP contribution >= 0.6 is 0 Å². The number of likely N-dealkylation sites (N-methyl/N-ethyl adjacent to an activating group) is 1. The van der Waals surface area contributed by atoms with E-state index in [1.165, 1.54) is 44.1 Å². The zero-order valence-corrected chi connectivity index (χ0v) is 13.4. The van der Waals surface area contributed by atoms with E-state index in [2.05, 4.69) is 49.5 Å². The molecule has 1 N–H and O–H groups in total. The van der Waals surface area contributed by atoms with E-state index in [0.717, 1.165) is 6.54 Å². The maximum absolute atomic E-state index is 5.77. The predicted molar refractivity (Wildman–Crippen MR) is 87.0 cm³/mol. The number of hydrogen-bond donors (Lipinski definition) is 1. The van der Waals surface area contributed by atoms with E-state index in [1.54, 1.807) is 0 Å². The predicted octanol–water partition coefficient (Wildman–Crippen LogP) is 4.71. The van der Waals surface area contributed by atoms with E-state index in [-0.39, 0.29) is 6.10 Å².